The number of aromatic nitrogens is 1. The Balaban J connectivity index is 1.15. The molecule has 13 rings (SSSR count). The quantitative estimate of drug-likeness (QED) is 0.166. The van der Waals surface area contributed by atoms with Gasteiger partial charge in [0.1, 0.15) is 5.54 Å². The van der Waals surface area contributed by atoms with Gasteiger partial charge in [-0.15, -0.1) is 0 Å². The Morgan fingerprint density at radius 1 is 0.362 bits per heavy atom. The van der Waals surface area contributed by atoms with Gasteiger partial charge < -0.3 is 9.80 Å². The molecule has 0 unspecified atom stereocenters. The number of hydrogen-bond donors (Lipinski definition) is 0. The summed E-state index contributed by atoms with van der Waals surface area (Å²) in [6.45, 7) is 14.5. The summed E-state index contributed by atoms with van der Waals surface area (Å²) < 4.78 is 0. The molecule has 8 aromatic carbocycles. The van der Waals surface area contributed by atoms with Gasteiger partial charge in [0.05, 0.1) is 23.2 Å². The zero-order valence-corrected chi connectivity index (χ0v) is 40.5. The lowest BCUT2D eigenvalue weighted by Gasteiger charge is -2.43. The molecule has 0 saturated carbocycles. The Kier molecular flexibility index (Phi) is 8.93. The van der Waals surface area contributed by atoms with Crippen LogP contribution in [-0.4, -0.2) is 28.5 Å². The van der Waals surface area contributed by atoms with Crippen molar-refractivity contribution >= 4 is 0 Å². The molecule has 0 atom stereocenters. The van der Waals surface area contributed by atoms with E-state index in [0.717, 1.165) is 12.4 Å². The van der Waals surface area contributed by atoms with Gasteiger partial charge in [0, 0.05) is 25.6 Å². The van der Waals surface area contributed by atoms with Crippen LogP contribution in [0.15, 0.2) is 195 Å². The second-order valence-electron chi connectivity index (χ2n) is 20.2. The molecule has 2 heterocycles. The first-order chi connectivity index (χ1) is 33.6. The fourth-order valence-corrected chi connectivity index (χ4v) is 13.9. The molecule has 3 nitrogen and oxygen atoms in total. The van der Waals surface area contributed by atoms with Gasteiger partial charge in [-0.25, -0.2) is 0 Å². The number of aryl methyl sites for hydroxylation is 6. The Labute approximate surface area is 407 Å². The fourth-order valence-electron chi connectivity index (χ4n) is 13.9. The number of rotatable bonds is 6. The van der Waals surface area contributed by atoms with Crippen LogP contribution in [0.3, 0.4) is 0 Å². The van der Waals surface area contributed by atoms with Crippen LogP contribution in [0.1, 0.15) is 94.7 Å². The zero-order chi connectivity index (χ0) is 47.0. The molecular formula is C66H55N3. The van der Waals surface area contributed by atoms with Gasteiger partial charge >= 0.3 is 0 Å². The third-order valence-corrected chi connectivity index (χ3v) is 16.6. The van der Waals surface area contributed by atoms with Crippen molar-refractivity contribution in [2.75, 3.05) is 13.7 Å². The highest BCUT2D eigenvalue weighted by atomic mass is 15.4. The van der Waals surface area contributed by atoms with Gasteiger partial charge in [0.15, 0.2) is 0 Å². The van der Waals surface area contributed by atoms with Gasteiger partial charge in [-0.3, -0.25) is 4.98 Å². The summed E-state index contributed by atoms with van der Waals surface area (Å²) in [5.74, 6) is 0. The van der Waals surface area contributed by atoms with E-state index in [0.29, 0.717) is 0 Å². The van der Waals surface area contributed by atoms with Crippen LogP contribution in [0, 0.1) is 41.5 Å². The van der Waals surface area contributed by atoms with Gasteiger partial charge in [-0.1, -0.05) is 164 Å². The van der Waals surface area contributed by atoms with Crippen LogP contribution in [0.25, 0.3) is 33.4 Å². The molecular weight excluding hydrogens is 835 g/mol. The summed E-state index contributed by atoms with van der Waals surface area (Å²) in [6.07, 6.45) is 6.52. The Morgan fingerprint density at radius 2 is 0.725 bits per heavy atom. The Hall–Kier alpha value is -7.75. The summed E-state index contributed by atoms with van der Waals surface area (Å²) in [4.78, 5) is 10.2. The number of benzene rings is 8. The van der Waals surface area contributed by atoms with Crippen LogP contribution in [0.4, 0.5) is 0 Å². The maximum Gasteiger partial charge on any atom is 0.118 e. The predicted molar refractivity (Wildman–Crippen MR) is 283 cm³/mol. The van der Waals surface area contributed by atoms with Crippen LogP contribution in [0.5, 0.6) is 0 Å². The Bertz CT molecular complexity index is 3490. The summed E-state index contributed by atoms with van der Waals surface area (Å²) in [6, 6.07) is 67.5. The van der Waals surface area contributed by atoms with E-state index in [-0.39, 0.29) is 0 Å². The van der Waals surface area contributed by atoms with E-state index in [1.165, 1.54) is 122 Å². The van der Waals surface area contributed by atoms with Crippen molar-refractivity contribution in [3.63, 3.8) is 0 Å². The lowest BCUT2D eigenvalue weighted by Crippen LogP contribution is -2.45. The molecule has 1 aromatic heterocycles. The second-order valence-corrected chi connectivity index (χ2v) is 20.2. The van der Waals surface area contributed by atoms with Crippen molar-refractivity contribution in [2.45, 2.75) is 57.9 Å². The van der Waals surface area contributed by atoms with Gasteiger partial charge in [0.25, 0.3) is 0 Å². The standard InChI is InChI=1S/C66H55N3/c1-41-18-10-28-51-58(41)59-42(2)19-11-29-52(59)64(51,47-24-16-26-49(38-47)65(57-34-8-9-35-67-57)53-30-12-20-43(3)60(53)61-44(4)21-13-31-54(61)65)48-25-17-27-50(39-48)66(69-37-36-68(7)40-69)55-32-14-22-45(5)62(55)63-46(6)23-15-33-56(63)66/h8-39H,40H2,1-7H3. The number of pyridine rings is 1. The summed E-state index contributed by atoms with van der Waals surface area (Å²) >= 11 is 0. The van der Waals surface area contributed by atoms with Gasteiger partial charge in [-0.05, 0) is 176 Å². The number of fused-ring (bicyclic) bond motifs is 9. The van der Waals surface area contributed by atoms with Crippen LogP contribution in [-0.2, 0) is 16.4 Å². The molecule has 69 heavy (non-hydrogen) atoms. The van der Waals surface area contributed by atoms with Crippen molar-refractivity contribution < 1.29 is 0 Å². The second kappa shape index (κ2) is 14.9. The summed E-state index contributed by atoms with van der Waals surface area (Å²) in [5, 5.41) is 0. The zero-order valence-electron chi connectivity index (χ0n) is 40.5. The molecule has 0 fully saturated rings. The van der Waals surface area contributed by atoms with Crippen molar-refractivity contribution in [3.8, 4) is 33.4 Å². The third kappa shape index (κ3) is 5.25. The molecule has 0 radical (unpaired) electrons. The molecule has 9 aromatic rings. The maximum atomic E-state index is 5.31. The van der Waals surface area contributed by atoms with Crippen molar-refractivity contribution in [2.24, 2.45) is 0 Å². The van der Waals surface area contributed by atoms with Gasteiger partial charge in [-0.2, -0.15) is 0 Å². The molecule has 4 aliphatic rings. The minimum Gasteiger partial charge on any atom is -0.362 e. The normalized spacial score (nSPS) is 15.9. The number of hydrogen-bond acceptors (Lipinski definition) is 3. The monoisotopic (exact) mass is 889 g/mol. The molecule has 0 saturated heterocycles. The molecule has 3 heteroatoms. The minimum absolute atomic E-state index is 0.595. The highest BCUT2D eigenvalue weighted by Crippen LogP contribution is 2.63. The van der Waals surface area contributed by atoms with E-state index in [1.807, 2.05) is 12.3 Å². The van der Waals surface area contributed by atoms with Crippen LogP contribution in [0.2, 0.25) is 0 Å². The smallest absolute Gasteiger partial charge is 0.118 e. The summed E-state index contributed by atoms with van der Waals surface area (Å²) in [5.41, 5.74) is 27.7. The summed E-state index contributed by atoms with van der Waals surface area (Å²) in [7, 11) is 2.18. The lowest BCUT2D eigenvalue weighted by atomic mass is 9.64. The van der Waals surface area contributed by atoms with Gasteiger partial charge in [0.2, 0.25) is 0 Å². The SMILES string of the molecule is Cc1cccc2c1-c1c(C)cccc1C2(c1cccc(C2(c3ccccn3)c3cccc(C)c3-c3c(C)cccc32)c1)c1cccc(C2(N3C=CN(C)C3)c3cccc(C)c3-c3c(C)cccc32)c1. The highest BCUT2D eigenvalue weighted by molar-refractivity contribution is 5.93. The Morgan fingerprint density at radius 3 is 1.13 bits per heavy atom. The average molecular weight is 890 g/mol. The first-order valence-corrected chi connectivity index (χ1v) is 24.5. The van der Waals surface area contributed by atoms with Crippen molar-refractivity contribution in [1.29, 1.82) is 0 Å². The van der Waals surface area contributed by atoms with Crippen LogP contribution >= 0.6 is 0 Å². The third-order valence-electron chi connectivity index (χ3n) is 16.6. The fraction of sp³-hybridized carbons (Fsp3) is 0.167. The molecule has 0 bridgehead atoms. The van der Waals surface area contributed by atoms with E-state index in [1.54, 1.807) is 0 Å². The van der Waals surface area contributed by atoms with Crippen LogP contribution < -0.4 is 0 Å². The predicted octanol–water partition coefficient (Wildman–Crippen LogP) is 14.6. The molecule has 0 amide bonds. The van der Waals surface area contributed by atoms with E-state index in [4.69, 9.17) is 4.98 Å². The molecule has 3 aliphatic carbocycles. The lowest BCUT2D eigenvalue weighted by molar-refractivity contribution is 0.198. The molecule has 0 N–H and O–H groups in total. The molecule has 1 aliphatic heterocycles. The number of nitrogens with zero attached hydrogens (tertiary/aromatic N) is 3. The van der Waals surface area contributed by atoms with E-state index >= 15 is 0 Å². The van der Waals surface area contributed by atoms with E-state index < -0.39 is 16.4 Å². The first-order valence-electron chi connectivity index (χ1n) is 24.5. The molecule has 334 valence electrons. The first kappa shape index (κ1) is 41.4. The topological polar surface area (TPSA) is 19.4 Å². The van der Waals surface area contributed by atoms with Crippen molar-refractivity contribution in [1.82, 2.24) is 14.8 Å². The van der Waals surface area contributed by atoms with E-state index in [2.05, 4.69) is 241 Å². The highest BCUT2D eigenvalue weighted by Gasteiger charge is 2.54. The largest absolute Gasteiger partial charge is 0.362 e. The minimum atomic E-state index is -0.689. The molecule has 0 spiro atoms. The average Bonchev–Trinajstić information content (AvgIpc) is 4.11. The maximum absolute atomic E-state index is 5.31. The van der Waals surface area contributed by atoms with Crippen molar-refractivity contribution in [3.05, 3.63) is 289 Å². The van der Waals surface area contributed by atoms with E-state index in [9.17, 15) is 0 Å².